The van der Waals surface area contributed by atoms with Gasteiger partial charge in [-0.1, -0.05) is 6.92 Å². The maximum Gasteiger partial charge on any atom is 0.152 e. The number of nitrogens with one attached hydrogen (secondary N) is 1. The van der Waals surface area contributed by atoms with Crippen LogP contribution >= 0.6 is 0 Å². The molecule has 1 saturated heterocycles. The van der Waals surface area contributed by atoms with Crippen molar-refractivity contribution < 1.29 is 8.42 Å². The Hall–Kier alpha value is -0.880. The zero-order valence-electron chi connectivity index (χ0n) is 11.0. The lowest BCUT2D eigenvalue weighted by Gasteiger charge is -2.23. The fourth-order valence-corrected chi connectivity index (χ4v) is 4.52. The van der Waals surface area contributed by atoms with Crippen molar-refractivity contribution in [1.29, 1.82) is 0 Å². The van der Waals surface area contributed by atoms with Crippen LogP contribution in [-0.4, -0.2) is 35.0 Å². The van der Waals surface area contributed by atoms with Crippen molar-refractivity contribution in [3.63, 3.8) is 0 Å². The zero-order chi connectivity index (χ0) is 13.2. The molecule has 0 spiro atoms. The first-order chi connectivity index (χ1) is 8.44. The molecule has 0 aromatic carbocycles. The molecular weight excluding hydrogens is 250 g/mol. The molecule has 2 rings (SSSR count). The molecule has 1 N–H and O–H groups in total. The summed E-state index contributed by atoms with van der Waals surface area (Å²) in [5, 5.41) is 3.35. The van der Waals surface area contributed by atoms with Crippen molar-refractivity contribution in [3.8, 4) is 0 Å². The highest BCUT2D eigenvalue weighted by atomic mass is 32.2. The summed E-state index contributed by atoms with van der Waals surface area (Å²) in [6.45, 7) is 5.68. The van der Waals surface area contributed by atoms with E-state index in [9.17, 15) is 8.42 Å². The Morgan fingerprint density at radius 2 is 2.33 bits per heavy atom. The largest absolute Gasteiger partial charge is 0.334 e. The van der Waals surface area contributed by atoms with Gasteiger partial charge in [-0.15, -0.1) is 0 Å². The topological polar surface area (TPSA) is 64.0 Å². The third-order valence-corrected chi connectivity index (χ3v) is 5.35. The Morgan fingerprint density at radius 3 is 2.94 bits per heavy atom. The van der Waals surface area contributed by atoms with Crippen molar-refractivity contribution in [1.82, 2.24) is 14.9 Å². The molecule has 1 aromatic rings. The molecule has 1 aliphatic rings. The summed E-state index contributed by atoms with van der Waals surface area (Å²) in [6, 6.07) is 0. The Kier molecular flexibility index (Phi) is 3.77. The van der Waals surface area contributed by atoms with Crippen LogP contribution in [0.5, 0.6) is 0 Å². The zero-order valence-corrected chi connectivity index (χ0v) is 11.8. The molecular formula is C12H21N3O2S. The van der Waals surface area contributed by atoms with E-state index in [0.717, 1.165) is 18.8 Å². The number of rotatable bonds is 5. The second-order valence-electron chi connectivity index (χ2n) is 5.29. The van der Waals surface area contributed by atoms with Gasteiger partial charge < -0.3 is 9.88 Å². The molecule has 0 bridgehead atoms. The first-order valence-electron chi connectivity index (χ1n) is 6.40. The second kappa shape index (κ2) is 5.01. The average molecular weight is 271 g/mol. The van der Waals surface area contributed by atoms with Gasteiger partial charge in [-0.25, -0.2) is 13.4 Å². The molecule has 0 aliphatic carbocycles. The van der Waals surface area contributed by atoms with Crippen LogP contribution in [0.25, 0.3) is 0 Å². The second-order valence-corrected chi connectivity index (χ2v) is 7.48. The minimum absolute atomic E-state index is 0.231. The van der Waals surface area contributed by atoms with Gasteiger partial charge in [-0.05, 0) is 19.8 Å². The molecule has 1 fully saturated rings. The summed E-state index contributed by atoms with van der Waals surface area (Å²) in [4.78, 5) is 4.31. The van der Waals surface area contributed by atoms with Gasteiger partial charge in [0.15, 0.2) is 9.84 Å². The van der Waals surface area contributed by atoms with E-state index >= 15 is 0 Å². The van der Waals surface area contributed by atoms with E-state index in [2.05, 4.69) is 21.8 Å². The Morgan fingerprint density at radius 1 is 1.56 bits per heavy atom. The maximum absolute atomic E-state index is 11.5. The van der Waals surface area contributed by atoms with Gasteiger partial charge >= 0.3 is 0 Å². The van der Waals surface area contributed by atoms with Gasteiger partial charge in [-0.3, -0.25) is 0 Å². The number of hydrogen-bond donors (Lipinski definition) is 1. The van der Waals surface area contributed by atoms with Gasteiger partial charge in [0.25, 0.3) is 0 Å². The summed E-state index contributed by atoms with van der Waals surface area (Å²) < 4.78 is 25.1. The molecule has 2 heterocycles. The van der Waals surface area contributed by atoms with Crippen LogP contribution < -0.4 is 5.32 Å². The number of sulfone groups is 1. The fourth-order valence-electron chi connectivity index (χ4n) is 2.39. The SMILES string of the molecule is CCCn1ccnc1CNC1(C)CCS(=O)(=O)C1. The lowest BCUT2D eigenvalue weighted by molar-refractivity contribution is 0.385. The summed E-state index contributed by atoms with van der Waals surface area (Å²) in [6.07, 6.45) is 5.51. The summed E-state index contributed by atoms with van der Waals surface area (Å²) in [7, 11) is -2.85. The van der Waals surface area contributed by atoms with Crippen LogP contribution in [0.1, 0.15) is 32.5 Å². The number of hydrogen-bond acceptors (Lipinski definition) is 4. The number of aromatic nitrogens is 2. The van der Waals surface area contributed by atoms with Crippen molar-refractivity contribution in [3.05, 3.63) is 18.2 Å². The predicted octanol–water partition coefficient (Wildman–Crippen LogP) is 0.960. The van der Waals surface area contributed by atoms with E-state index in [0.29, 0.717) is 18.7 Å². The molecule has 5 nitrogen and oxygen atoms in total. The van der Waals surface area contributed by atoms with E-state index in [1.54, 1.807) is 6.20 Å². The normalized spacial score (nSPS) is 26.6. The number of nitrogens with zero attached hydrogens (tertiary/aromatic N) is 2. The average Bonchev–Trinajstić information content (AvgIpc) is 2.82. The van der Waals surface area contributed by atoms with Crippen LogP contribution in [0.2, 0.25) is 0 Å². The van der Waals surface area contributed by atoms with Gasteiger partial charge in [0, 0.05) is 24.5 Å². The van der Waals surface area contributed by atoms with Crippen molar-refractivity contribution in [2.24, 2.45) is 0 Å². The van der Waals surface area contributed by atoms with Gasteiger partial charge in [0.1, 0.15) is 5.82 Å². The molecule has 1 atom stereocenters. The highest BCUT2D eigenvalue weighted by Gasteiger charge is 2.37. The van der Waals surface area contributed by atoms with Crippen LogP contribution in [0.4, 0.5) is 0 Å². The molecule has 18 heavy (non-hydrogen) atoms. The minimum Gasteiger partial charge on any atom is -0.334 e. The molecule has 6 heteroatoms. The van der Waals surface area contributed by atoms with Crippen molar-refractivity contribution >= 4 is 9.84 Å². The predicted molar refractivity (Wildman–Crippen MR) is 71.0 cm³/mol. The third-order valence-electron chi connectivity index (χ3n) is 3.44. The highest BCUT2D eigenvalue weighted by molar-refractivity contribution is 7.91. The van der Waals surface area contributed by atoms with E-state index in [4.69, 9.17) is 0 Å². The molecule has 1 aliphatic heterocycles. The van der Waals surface area contributed by atoms with E-state index in [1.165, 1.54) is 0 Å². The Labute approximate surface area is 109 Å². The van der Waals surface area contributed by atoms with E-state index in [-0.39, 0.29) is 11.3 Å². The lowest BCUT2D eigenvalue weighted by Crippen LogP contribution is -2.43. The summed E-state index contributed by atoms with van der Waals surface area (Å²) in [5.41, 5.74) is -0.304. The molecule has 1 aromatic heterocycles. The molecule has 0 radical (unpaired) electrons. The fraction of sp³-hybridized carbons (Fsp3) is 0.750. The first kappa shape index (κ1) is 13.5. The third kappa shape index (κ3) is 3.11. The molecule has 1 unspecified atom stereocenters. The van der Waals surface area contributed by atoms with Crippen LogP contribution in [0, 0.1) is 0 Å². The van der Waals surface area contributed by atoms with Gasteiger partial charge in [0.2, 0.25) is 0 Å². The number of imidazole rings is 1. The van der Waals surface area contributed by atoms with Crippen molar-refractivity contribution in [2.45, 2.75) is 45.3 Å². The summed E-state index contributed by atoms with van der Waals surface area (Å²) in [5.74, 6) is 1.50. The van der Waals surface area contributed by atoms with E-state index < -0.39 is 9.84 Å². The van der Waals surface area contributed by atoms with Gasteiger partial charge in [0.05, 0.1) is 18.1 Å². The molecule has 0 saturated carbocycles. The molecule has 0 amide bonds. The number of aryl methyl sites for hydroxylation is 1. The maximum atomic E-state index is 11.5. The minimum atomic E-state index is -2.85. The highest BCUT2D eigenvalue weighted by Crippen LogP contribution is 2.23. The lowest BCUT2D eigenvalue weighted by atomic mass is 10.0. The smallest absolute Gasteiger partial charge is 0.152 e. The van der Waals surface area contributed by atoms with Crippen LogP contribution in [0.3, 0.4) is 0 Å². The standard InChI is InChI=1S/C12H21N3O2S/c1-3-6-15-7-5-13-11(15)9-14-12(2)4-8-18(16,17)10-12/h5,7,14H,3-4,6,8-10H2,1-2H3. The van der Waals surface area contributed by atoms with E-state index in [1.807, 2.05) is 13.1 Å². The van der Waals surface area contributed by atoms with Crippen molar-refractivity contribution in [2.75, 3.05) is 11.5 Å². The summed E-state index contributed by atoms with van der Waals surface area (Å²) >= 11 is 0. The van der Waals surface area contributed by atoms with Crippen LogP contribution in [0.15, 0.2) is 12.4 Å². The van der Waals surface area contributed by atoms with Gasteiger partial charge in [-0.2, -0.15) is 0 Å². The van der Waals surface area contributed by atoms with Crippen LogP contribution in [-0.2, 0) is 22.9 Å². The quantitative estimate of drug-likeness (QED) is 0.866. The Bertz CT molecular complexity index is 509. The monoisotopic (exact) mass is 271 g/mol. The first-order valence-corrected chi connectivity index (χ1v) is 8.22. The molecule has 102 valence electrons. The Balaban J connectivity index is 1.97.